The lowest BCUT2D eigenvalue weighted by Crippen LogP contribution is -2.23. The molecule has 0 saturated carbocycles. The van der Waals surface area contributed by atoms with Crippen LogP contribution < -0.4 is 5.32 Å². The largest absolute Gasteiger partial charge is 0.508 e. The number of rotatable bonds is 3. The Bertz CT molecular complexity index is 288. The molecule has 0 radical (unpaired) electrons. The van der Waals surface area contributed by atoms with Crippen LogP contribution >= 0.6 is 15.9 Å². The predicted molar refractivity (Wildman–Crippen MR) is 58.0 cm³/mol. The van der Waals surface area contributed by atoms with Crippen molar-refractivity contribution in [2.24, 2.45) is 0 Å². The molecule has 1 aromatic carbocycles. The summed E-state index contributed by atoms with van der Waals surface area (Å²) in [4.78, 5) is 0. The molecule has 3 heteroatoms. The van der Waals surface area contributed by atoms with E-state index in [1.807, 2.05) is 13.1 Å². The van der Waals surface area contributed by atoms with E-state index in [0.29, 0.717) is 11.8 Å². The van der Waals surface area contributed by atoms with E-state index in [4.69, 9.17) is 0 Å². The second-order valence-electron chi connectivity index (χ2n) is 3.17. The zero-order valence-corrected chi connectivity index (χ0v) is 9.43. The number of hydrogen-bond acceptors (Lipinski definition) is 2. The molecule has 0 amide bonds. The lowest BCUT2D eigenvalue weighted by molar-refractivity contribution is 0.474. The van der Waals surface area contributed by atoms with E-state index in [0.717, 1.165) is 10.9 Å². The van der Waals surface area contributed by atoms with E-state index in [9.17, 15) is 5.11 Å². The smallest absolute Gasteiger partial charge is 0.116 e. The number of benzene rings is 1. The van der Waals surface area contributed by atoms with E-state index in [1.54, 1.807) is 12.1 Å². The maximum atomic E-state index is 9.18. The van der Waals surface area contributed by atoms with Crippen LogP contribution in [-0.4, -0.2) is 18.2 Å². The van der Waals surface area contributed by atoms with E-state index in [-0.39, 0.29) is 0 Å². The molecule has 13 heavy (non-hydrogen) atoms. The number of hydrogen-bond donors (Lipinski definition) is 2. The van der Waals surface area contributed by atoms with Crippen LogP contribution in [0.5, 0.6) is 5.75 Å². The summed E-state index contributed by atoms with van der Waals surface area (Å²) in [5.74, 6) is 0.299. The van der Waals surface area contributed by atoms with E-state index >= 15 is 0 Å². The maximum Gasteiger partial charge on any atom is 0.116 e. The molecule has 0 heterocycles. The lowest BCUT2D eigenvalue weighted by atomic mass is 10.1. The summed E-state index contributed by atoms with van der Waals surface area (Å²) in [6.07, 6.45) is 0.956. The number of nitrogens with one attached hydrogen (secondary N) is 1. The van der Waals surface area contributed by atoms with Crippen molar-refractivity contribution >= 4 is 15.9 Å². The van der Waals surface area contributed by atoms with Crippen molar-refractivity contribution in [3.8, 4) is 5.75 Å². The standard InChI is InChI=1S/C10H14BrNO/c1-7(12-2)5-8-3-4-9(13)6-10(8)11/h3-4,6-7,12-13H,5H2,1-2H3. The summed E-state index contributed by atoms with van der Waals surface area (Å²) in [6, 6.07) is 5.81. The first-order chi connectivity index (χ1) is 6.13. The Hall–Kier alpha value is -0.540. The second kappa shape index (κ2) is 4.63. The van der Waals surface area contributed by atoms with Gasteiger partial charge in [0.05, 0.1) is 0 Å². The van der Waals surface area contributed by atoms with Crippen LogP contribution in [0.25, 0.3) is 0 Å². The molecule has 72 valence electrons. The Balaban J connectivity index is 2.77. The minimum Gasteiger partial charge on any atom is -0.508 e. The van der Waals surface area contributed by atoms with Gasteiger partial charge in [-0.05, 0) is 38.1 Å². The van der Waals surface area contributed by atoms with Gasteiger partial charge in [0.25, 0.3) is 0 Å². The fourth-order valence-corrected chi connectivity index (χ4v) is 1.66. The van der Waals surface area contributed by atoms with Crippen LogP contribution in [0, 0.1) is 0 Å². The Kier molecular flexibility index (Phi) is 3.75. The van der Waals surface area contributed by atoms with Gasteiger partial charge >= 0.3 is 0 Å². The van der Waals surface area contributed by atoms with Gasteiger partial charge in [-0.1, -0.05) is 22.0 Å². The van der Waals surface area contributed by atoms with Gasteiger partial charge in [0.1, 0.15) is 5.75 Å². The third-order valence-corrected chi connectivity index (χ3v) is 2.79. The Morgan fingerprint density at radius 2 is 2.23 bits per heavy atom. The molecule has 1 unspecified atom stereocenters. The highest BCUT2D eigenvalue weighted by Gasteiger charge is 2.04. The topological polar surface area (TPSA) is 32.3 Å². The highest BCUT2D eigenvalue weighted by molar-refractivity contribution is 9.10. The maximum absolute atomic E-state index is 9.18. The lowest BCUT2D eigenvalue weighted by Gasteiger charge is -2.11. The highest BCUT2D eigenvalue weighted by atomic mass is 79.9. The van der Waals surface area contributed by atoms with Gasteiger partial charge in [-0.2, -0.15) is 0 Å². The molecule has 0 spiro atoms. The number of phenolic OH excluding ortho intramolecular Hbond substituents is 1. The van der Waals surface area contributed by atoms with Crippen LogP contribution in [0.1, 0.15) is 12.5 Å². The third-order valence-electron chi connectivity index (χ3n) is 2.06. The quantitative estimate of drug-likeness (QED) is 0.855. The molecule has 0 aromatic heterocycles. The van der Waals surface area contributed by atoms with Gasteiger partial charge in [0.15, 0.2) is 0 Å². The Labute approximate surface area is 87.1 Å². The van der Waals surface area contributed by atoms with Crippen LogP contribution in [-0.2, 0) is 6.42 Å². The molecule has 1 rings (SSSR count). The highest BCUT2D eigenvalue weighted by Crippen LogP contribution is 2.22. The molecule has 1 atom stereocenters. The van der Waals surface area contributed by atoms with Gasteiger partial charge < -0.3 is 10.4 Å². The number of phenols is 1. The molecule has 0 aliphatic heterocycles. The molecule has 0 fully saturated rings. The molecule has 1 aromatic rings. The van der Waals surface area contributed by atoms with Gasteiger partial charge in [-0.15, -0.1) is 0 Å². The van der Waals surface area contributed by atoms with Crippen LogP contribution in [0.15, 0.2) is 22.7 Å². The summed E-state index contributed by atoms with van der Waals surface area (Å²) in [6.45, 7) is 2.12. The molecule has 0 aliphatic carbocycles. The van der Waals surface area contributed by atoms with E-state index in [1.165, 1.54) is 5.56 Å². The number of aromatic hydroxyl groups is 1. The van der Waals surface area contributed by atoms with Crippen molar-refractivity contribution in [3.05, 3.63) is 28.2 Å². The number of halogens is 1. The average molecular weight is 244 g/mol. The van der Waals surface area contributed by atoms with Gasteiger partial charge in [-0.25, -0.2) is 0 Å². The molecular formula is C10H14BrNO. The summed E-state index contributed by atoms with van der Waals surface area (Å²) < 4.78 is 0.967. The van der Waals surface area contributed by atoms with Crippen molar-refractivity contribution in [1.29, 1.82) is 0 Å². The fourth-order valence-electron chi connectivity index (χ4n) is 1.13. The number of likely N-dealkylation sites (N-methyl/N-ethyl adjacent to an activating group) is 1. The monoisotopic (exact) mass is 243 g/mol. The minimum atomic E-state index is 0.299. The molecule has 0 saturated heterocycles. The van der Waals surface area contributed by atoms with Crippen molar-refractivity contribution in [2.45, 2.75) is 19.4 Å². The van der Waals surface area contributed by atoms with E-state index in [2.05, 4.69) is 28.2 Å². The first-order valence-corrected chi connectivity index (χ1v) is 5.07. The van der Waals surface area contributed by atoms with Crippen LogP contribution in [0.4, 0.5) is 0 Å². The minimum absolute atomic E-state index is 0.299. The van der Waals surface area contributed by atoms with Crippen LogP contribution in [0.2, 0.25) is 0 Å². The summed E-state index contributed by atoms with van der Waals surface area (Å²) in [7, 11) is 1.94. The summed E-state index contributed by atoms with van der Waals surface area (Å²) in [5.41, 5.74) is 1.21. The van der Waals surface area contributed by atoms with Gasteiger partial charge in [0, 0.05) is 10.5 Å². The van der Waals surface area contributed by atoms with E-state index < -0.39 is 0 Å². The summed E-state index contributed by atoms with van der Waals surface area (Å²) in [5, 5.41) is 12.4. The third kappa shape index (κ3) is 3.01. The van der Waals surface area contributed by atoms with Crippen molar-refractivity contribution < 1.29 is 5.11 Å². The van der Waals surface area contributed by atoms with Gasteiger partial charge in [0.2, 0.25) is 0 Å². The van der Waals surface area contributed by atoms with Crippen LogP contribution in [0.3, 0.4) is 0 Å². The zero-order valence-electron chi connectivity index (χ0n) is 7.84. The van der Waals surface area contributed by atoms with Crippen molar-refractivity contribution in [2.75, 3.05) is 7.05 Å². The first-order valence-electron chi connectivity index (χ1n) is 4.28. The Morgan fingerprint density at radius 1 is 1.54 bits per heavy atom. The van der Waals surface area contributed by atoms with Crippen molar-refractivity contribution in [1.82, 2.24) is 5.32 Å². The molecular weight excluding hydrogens is 230 g/mol. The second-order valence-corrected chi connectivity index (χ2v) is 4.02. The normalized spacial score (nSPS) is 12.8. The SMILES string of the molecule is CNC(C)Cc1ccc(O)cc1Br. The zero-order chi connectivity index (χ0) is 9.84. The molecule has 0 bridgehead atoms. The average Bonchev–Trinajstić information content (AvgIpc) is 2.09. The van der Waals surface area contributed by atoms with Crippen molar-refractivity contribution in [3.63, 3.8) is 0 Å². The first kappa shape index (κ1) is 10.5. The molecule has 2 N–H and O–H groups in total. The Morgan fingerprint density at radius 3 is 2.77 bits per heavy atom. The molecule has 0 aliphatic rings. The molecule has 2 nitrogen and oxygen atoms in total. The predicted octanol–water partition coefficient (Wildman–Crippen LogP) is 2.31. The van der Waals surface area contributed by atoms with Gasteiger partial charge in [-0.3, -0.25) is 0 Å². The fraction of sp³-hybridized carbons (Fsp3) is 0.400. The summed E-state index contributed by atoms with van der Waals surface area (Å²) >= 11 is 3.42.